The van der Waals surface area contributed by atoms with Crippen molar-refractivity contribution < 1.29 is 14.2 Å². The maximum absolute atomic E-state index is 5.41. The van der Waals surface area contributed by atoms with Crippen LogP contribution in [0.1, 0.15) is 18.2 Å². The van der Waals surface area contributed by atoms with Gasteiger partial charge < -0.3 is 24.8 Å². The number of imidazole rings is 1. The lowest BCUT2D eigenvalue weighted by atomic mass is 10.2. The van der Waals surface area contributed by atoms with Crippen LogP contribution in [0.15, 0.2) is 34.9 Å². The van der Waals surface area contributed by atoms with Gasteiger partial charge in [-0.25, -0.2) is 9.98 Å². The summed E-state index contributed by atoms with van der Waals surface area (Å²) in [5.74, 6) is 2.52. The molecule has 0 fully saturated rings. The molecule has 10 heteroatoms. The number of ether oxygens (including phenoxy) is 3. The number of aromatic nitrogens is 2. The molecule has 0 aliphatic heterocycles. The van der Waals surface area contributed by atoms with Gasteiger partial charge in [0.15, 0.2) is 22.4 Å². The van der Waals surface area contributed by atoms with Gasteiger partial charge in [0.2, 0.25) is 5.75 Å². The number of guanidine groups is 1. The Kier molecular flexibility index (Phi) is 8.83. The lowest BCUT2D eigenvalue weighted by Crippen LogP contribution is -2.36. The molecule has 0 aliphatic rings. The normalized spacial score (nSPS) is 11.1. The third-order valence-electron chi connectivity index (χ3n) is 4.07. The lowest BCUT2D eigenvalue weighted by molar-refractivity contribution is 0.324. The number of hydrogen-bond donors (Lipinski definition) is 2. The van der Waals surface area contributed by atoms with Gasteiger partial charge in [0.1, 0.15) is 0 Å². The predicted molar refractivity (Wildman–Crippen MR) is 126 cm³/mol. The summed E-state index contributed by atoms with van der Waals surface area (Å²) < 4.78 is 18.2. The third-order valence-corrected chi connectivity index (χ3v) is 4.84. The Morgan fingerprint density at radius 1 is 1.14 bits per heavy atom. The summed E-state index contributed by atoms with van der Waals surface area (Å²) >= 11 is 1.61. The van der Waals surface area contributed by atoms with Gasteiger partial charge in [0, 0.05) is 24.3 Å². The molecular formula is C19H26IN5O3S. The maximum atomic E-state index is 5.41. The number of nitrogens with zero attached hydrogens (tertiary/aromatic N) is 3. The highest BCUT2D eigenvalue weighted by atomic mass is 127. The van der Waals surface area contributed by atoms with Gasteiger partial charge in [0.05, 0.1) is 40.1 Å². The fraction of sp³-hybridized carbons (Fsp3) is 0.368. The summed E-state index contributed by atoms with van der Waals surface area (Å²) in [5, 5.41) is 8.58. The molecule has 0 saturated carbocycles. The van der Waals surface area contributed by atoms with Crippen molar-refractivity contribution in [3.8, 4) is 17.2 Å². The Labute approximate surface area is 191 Å². The molecule has 0 saturated heterocycles. The van der Waals surface area contributed by atoms with Crippen molar-refractivity contribution >= 4 is 46.2 Å². The second-order valence-corrected chi connectivity index (χ2v) is 6.78. The van der Waals surface area contributed by atoms with E-state index in [1.165, 1.54) is 0 Å². The topological polar surface area (TPSA) is 81.4 Å². The van der Waals surface area contributed by atoms with E-state index >= 15 is 0 Å². The summed E-state index contributed by atoms with van der Waals surface area (Å²) in [7, 11) is 4.79. The SMILES string of the molecule is CCNC(=NCc1cc(OC)c(OC)c(OC)c1)NCc1cn2ccsc2n1.I. The molecule has 0 unspecified atom stereocenters. The van der Waals surface area contributed by atoms with E-state index < -0.39 is 0 Å². The Bertz CT molecular complexity index is 903. The van der Waals surface area contributed by atoms with Gasteiger partial charge in [0.25, 0.3) is 0 Å². The fourth-order valence-electron chi connectivity index (χ4n) is 2.77. The molecule has 2 heterocycles. The maximum Gasteiger partial charge on any atom is 0.203 e. The average Bonchev–Trinajstić information content (AvgIpc) is 3.31. The van der Waals surface area contributed by atoms with Gasteiger partial charge in [-0.3, -0.25) is 4.40 Å². The summed E-state index contributed by atoms with van der Waals surface area (Å²) in [5.41, 5.74) is 1.92. The largest absolute Gasteiger partial charge is 0.493 e. The lowest BCUT2D eigenvalue weighted by Gasteiger charge is -2.14. The van der Waals surface area contributed by atoms with Crippen LogP contribution in [0.5, 0.6) is 17.2 Å². The predicted octanol–water partition coefficient (Wildman–Crippen LogP) is 3.29. The molecule has 3 aromatic rings. The second kappa shape index (κ2) is 11.1. The first-order valence-corrected chi connectivity index (χ1v) is 9.78. The number of thiazole rings is 1. The van der Waals surface area contributed by atoms with Crippen LogP contribution in [-0.4, -0.2) is 43.2 Å². The zero-order chi connectivity index (χ0) is 19.9. The first kappa shape index (κ1) is 23.1. The number of hydrogen-bond acceptors (Lipinski definition) is 6. The number of fused-ring (bicyclic) bond motifs is 1. The zero-order valence-electron chi connectivity index (χ0n) is 16.9. The number of aliphatic imine (C=N–C) groups is 1. The van der Waals surface area contributed by atoms with Gasteiger partial charge in [-0.15, -0.1) is 35.3 Å². The molecule has 0 bridgehead atoms. The molecule has 2 aromatic heterocycles. The molecule has 0 atom stereocenters. The van der Waals surface area contributed by atoms with Crippen molar-refractivity contribution in [1.29, 1.82) is 0 Å². The van der Waals surface area contributed by atoms with Crippen LogP contribution < -0.4 is 24.8 Å². The van der Waals surface area contributed by atoms with Crippen LogP contribution in [-0.2, 0) is 13.1 Å². The second-order valence-electron chi connectivity index (χ2n) is 5.91. The smallest absolute Gasteiger partial charge is 0.203 e. The van der Waals surface area contributed by atoms with Crippen molar-refractivity contribution in [2.75, 3.05) is 27.9 Å². The van der Waals surface area contributed by atoms with E-state index in [1.807, 2.05) is 41.2 Å². The summed E-state index contributed by atoms with van der Waals surface area (Å²) in [4.78, 5) is 10.2. The van der Waals surface area contributed by atoms with Crippen molar-refractivity contribution in [1.82, 2.24) is 20.0 Å². The highest BCUT2D eigenvalue weighted by Crippen LogP contribution is 2.38. The summed E-state index contributed by atoms with van der Waals surface area (Å²) in [6.45, 7) is 3.85. The number of halogens is 1. The van der Waals surface area contributed by atoms with Crippen molar-refractivity contribution in [3.63, 3.8) is 0 Å². The van der Waals surface area contributed by atoms with Gasteiger partial charge in [-0.2, -0.15) is 0 Å². The molecule has 3 rings (SSSR count). The molecule has 158 valence electrons. The first-order chi connectivity index (χ1) is 13.7. The van der Waals surface area contributed by atoms with Crippen molar-refractivity contribution in [3.05, 3.63) is 41.2 Å². The van der Waals surface area contributed by atoms with Crippen LogP contribution in [0, 0.1) is 0 Å². The molecule has 0 aliphatic carbocycles. The van der Waals surface area contributed by atoms with E-state index in [4.69, 9.17) is 14.2 Å². The van der Waals surface area contributed by atoms with E-state index in [-0.39, 0.29) is 24.0 Å². The monoisotopic (exact) mass is 531 g/mol. The van der Waals surface area contributed by atoms with Gasteiger partial charge in [-0.1, -0.05) is 0 Å². The molecule has 8 nitrogen and oxygen atoms in total. The van der Waals surface area contributed by atoms with Crippen LogP contribution in [0.25, 0.3) is 4.96 Å². The van der Waals surface area contributed by atoms with Crippen LogP contribution >= 0.6 is 35.3 Å². The van der Waals surface area contributed by atoms with Crippen molar-refractivity contribution in [2.45, 2.75) is 20.0 Å². The Hall–Kier alpha value is -2.21. The van der Waals surface area contributed by atoms with Crippen LogP contribution in [0.4, 0.5) is 0 Å². The summed E-state index contributed by atoms with van der Waals surface area (Å²) in [6, 6.07) is 3.80. The highest BCUT2D eigenvalue weighted by molar-refractivity contribution is 14.0. The van der Waals surface area contributed by atoms with E-state index in [1.54, 1.807) is 32.7 Å². The molecule has 0 amide bonds. The number of methoxy groups -OCH3 is 3. The molecule has 1 aromatic carbocycles. The Balaban J connectivity index is 0.00000300. The molecule has 2 N–H and O–H groups in total. The quantitative estimate of drug-likeness (QED) is 0.264. The average molecular weight is 531 g/mol. The highest BCUT2D eigenvalue weighted by Gasteiger charge is 2.13. The molecule has 0 radical (unpaired) electrons. The van der Waals surface area contributed by atoms with E-state index in [0.717, 1.165) is 22.8 Å². The Morgan fingerprint density at radius 3 is 2.45 bits per heavy atom. The van der Waals surface area contributed by atoms with E-state index in [9.17, 15) is 0 Å². The van der Waals surface area contributed by atoms with Crippen LogP contribution in [0.2, 0.25) is 0 Å². The molecule has 0 spiro atoms. The number of nitrogens with one attached hydrogen (secondary N) is 2. The fourth-order valence-corrected chi connectivity index (χ4v) is 3.49. The molecule has 29 heavy (non-hydrogen) atoms. The Morgan fingerprint density at radius 2 is 1.86 bits per heavy atom. The van der Waals surface area contributed by atoms with Crippen molar-refractivity contribution in [2.24, 2.45) is 4.99 Å². The number of benzene rings is 1. The molecular weight excluding hydrogens is 505 g/mol. The zero-order valence-corrected chi connectivity index (χ0v) is 20.0. The minimum absolute atomic E-state index is 0. The van der Waals surface area contributed by atoms with Gasteiger partial charge in [-0.05, 0) is 24.6 Å². The minimum atomic E-state index is 0. The first-order valence-electron chi connectivity index (χ1n) is 8.90. The minimum Gasteiger partial charge on any atom is -0.493 e. The van der Waals surface area contributed by atoms with Crippen LogP contribution in [0.3, 0.4) is 0 Å². The van der Waals surface area contributed by atoms with E-state index in [0.29, 0.717) is 36.3 Å². The van der Waals surface area contributed by atoms with Gasteiger partial charge >= 0.3 is 0 Å². The summed E-state index contributed by atoms with van der Waals surface area (Å²) in [6.07, 6.45) is 4.02. The standard InChI is InChI=1S/C19H25N5O3S.HI/c1-5-20-18(22-11-14-12-24-6-7-28-19(24)23-14)21-10-13-8-15(25-2)17(27-4)16(9-13)26-3;/h6-9,12H,5,10-11H2,1-4H3,(H2,20,21,22);1H. The third kappa shape index (κ3) is 5.66. The number of rotatable bonds is 8. The van der Waals surface area contributed by atoms with E-state index in [2.05, 4.69) is 20.6 Å².